The van der Waals surface area contributed by atoms with Crippen LogP contribution in [-0.4, -0.2) is 48.5 Å². The van der Waals surface area contributed by atoms with Crippen molar-refractivity contribution < 1.29 is 0 Å². The van der Waals surface area contributed by atoms with Gasteiger partial charge in [-0.2, -0.15) is 11.8 Å². The van der Waals surface area contributed by atoms with Crippen molar-refractivity contribution in [3.05, 3.63) is 16.1 Å². The molecule has 0 amide bonds. The van der Waals surface area contributed by atoms with Crippen LogP contribution in [0.2, 0.25) is 0 Å². The average Bonchev–Trinajstić information content (AvgIpc) is 2.75. The summed E-state index contributed by atoms with van der Waals surface area (Å²) in [7, 11) is 3.86. The van der Waals surface area contributed by atoms with E-state index in [0.717, 1.165) is 36.2 Å². The van der Waals surface area contributed by atoms with Crippen molar-refractivity contribution in [2.75, 3.05) is 32.6 Å². The first-order valence-electron chi connectivity index (χ1n) is 5.99. The molecule has 0 atom stereocenters. The molecule has 1 aromatic rings. The van der Waals surface area contributed by atoms with E-state index in [9.17, 15) is 0 Å². The third-order valence-electron chi connectivity index (χ3n) is 2.45. The smallest absolute Gasteiger partial charge is 0.193 e. The number of aryl methyl sites for hydroxylation is 1. The molecule has 0 aliphatic carbocycles. The van der Waals surface area contributed by atoms with Crippen molar-refractivity contribution in [3.8, 4) is 0 Å². The highest BCUT2D eigenvalue weighted by atomic mass is 127. The van der Waals surface area contributed by atoms with Gasteiger partial charge in [-0.1, -0.05) is 0 Å². The fourth-order valence-electron chi connectivity index (χ4n) is 1.60. The minimum atomic E-state index is 0. The SMILES string of the molecule is CN=C(NCCCSC)N(C)Cc1csc(C)n1.I. The summed E-state index contributed by atoms with van der Waals surface area (Å²) >= 11 is 3.56. The van der Waals surface area contributed by atoms with Crippen LogP contribution in [0.1, 0.15) is 17.1 Å². The number of aromatic nitrogens is 1. The summed E-state index contributed by atoms with van der Waals surface area (Å²) in [6.07, 6.45) is 3.29. The highest BCUT2D eigenvalue weighted by Gasteiger charge is 2.07. The number of nitrogens with zero attached hydrogens (tertiary/aromatic N) is 3. The quantitative estimate of drug-likeness (QED) is 0.337. The molecule has 0 saturated heterocycles. The summed E-state index contributed by atoms with van der Waals surface area (Å²) in [5.74, 6) is 2.11. The molecule has 0 aromatic carbocycles. The zero-order valence-corrected chi connectivity index (χ0v) is 15.9. The van der Waals surface area contributed by atoms with Gasteiger partial charge in [0.2, 0.25) is 0 Å². The van der Waals surface area contributed by atoms with Crippen LogP contribution in [0.15, 0.2) is 10.4 Å². The lowest BCUT2D eigenvalue weighted by Gasteiger charge is -2.21. The summed E-state index contributed by atoms with van der Waals surface area (Å²) < 4.78 is 0. The van der Waals surface area contributed by atoms with Crippen LogP contribution in [0.4, 0.5) is 0 Å². The predicted octanol–water partition coefficient (Wildman–Crippen LogP) is 2.83. The number of nitrogens with one attached hydrogen (secondary N) is 1. The van der Waals surface area contributed by atoms with Crippen molar-refractivity contribution >= 4 is 53.0 Å². The monoisotopic (exact) mass is 414 g/mol. The molecule has 0 aliphatic rings. The maximum atomic E-state index is 4.47. The molecule has 1 N–H and O–H groups in total. The normalized spacial score (nSPS) is 11.1. The Morgan fingerprint density at radius 3 is 2.84 bits per heavy atom. The Morgan fingerprint density at radius 2 is 2.32 bits per heavy atom. The van der Waals surface area contributed by atoms with Crippen LogP contribution in [0.25, 0.3) is 0 Å². The molecule has 0 unspecified atom stereocenters. The van der Waals surface area contributed by atoms with Gasteiger partial charge in [-0.05, 0) is 25.4 Å². The number of hydrogen-bond acceptors (Lipinski definition) is 4. The Kier molecular flexibility index (Phi) is 10.7. The lowest BCUT2D eigenvalue weighted by atomic mass is 10.4. The van der Waals surface area contributed by atoms with Gasteiger partial charge in [-0.15, -0.1) is 35.3 Å². The van der Waals surface area contributed by atoms with Crippen LogP contribution < -0.4 is 5.32 Å². The Morgan fingerprint density at radius 1 is 1.58 bits per heavy atom. The van der Waals surface area contributed by atoms with E-state index < -0.39 is 0 Å². The molecule has 110 valence electrons. The molecule has 0 radical (unpaired) electrons. The Labute approximate surface area is 141 Å². The number of rotatable bonds is 6. The molecule has 0 spiro atoms. The summed E-state index contributed by atoms with van der Waals surface area (Å²) in [5.41, 5.74) is 1.10. The Bertz CT molecular complexity index is 382. The van der Waals surface area contributed by atoms with Crippen molar-refractivity contribution in [2.24, 2.45) is 4.99 Å². The molecule has 0 aliphatic heterocycles. The highest BCUT2D eigenvalue weighted by molar-refractivity contribution is 14.0. The van der Waals surface area contributed by atoms with Crippen LogP contribution in [0.3, 0.4) is 0 Å². The van der Waals surface area contributed by atoms with E-state index >= 15 is 0 Å². The van der Waals surface area contributed by atoms with Crippen LogP contribution in [0, 0.1) is 6.92 Å². The van der Waals surface area contributed by atoms with Crippen molar-refractivity contribution in [1.82, 2.24) is 15.2 Å². The molecular weight excluding hydrogens is 391 g/mol. The number of aliphatic imine (C=N–C) groups is 1. The van der Waals surface area contributed by atoms with Gasteiger partial charge in [0, 0.05) is 26.0 Å². The van der Waals surface area contributed by atoms with E-state index in [1.807, 2.05) is 32.8 Å². The van der Waals surface area contributed by atoms with Crippen molar-refractivity contribution in [3.63, 3.8) is 0 Å². The first-order chi connectivity index (χ1) is 8.67. The van der Waals surface area contributed by atoms with E-state index in [1.54, 1.807) is 11.3 Å². The van der Waals surface area contributed by atoms with E-state index in [-0.39, 0.29) is 24.0 Å². The first-order valence-corrected chi connectivity index (χ1v) is 8.26. The third kappa shape index (κ3) is 7.36. The van der Waals surface area contributed by atoms with Gasteiger partial charge < -0.3 is 10.2 Å². The van der Waals surface area contributed by atoms with Gasteiger partial charge in [0.15, 0.2) is 5.96 Å². The fraction of sp³-hybridized carbons (Fsp3) is 0.667. The molecule has 1 aromatic heterocycles. The molecule has 1 rings (SSSR count). The van der Waals surface area contributed by atoms with Crippen LogP contribution in [-0.2, 0) is 6.54 Å². The second-order valence-corrected chi connectivity index (χ2v) is 6.08. The molecule has 0 saturated carbocycles. The average molecular weight is 414 g/mol. The summed E-state index contributed by atoms with van der Waals surface area (Å²) in [4.78, 5) is 10.9. The second-order valence-electron chi connectivity index (χ2n) is 4.03. The van der Waals surface area contributed by atoms with E-state index in [4.69, 9.17) is 0 Å². The zero-order valence-electron chi connectivity index (χ0n) is 12.0. The number of halogens is 1. The number of hydrogen-bond donors (Lipinski definition) is 1. The van der Waals surface area contributed by atoms with Gasteiger partial charge in [0.1, 0.15) is 0 Å². The minimum absolute atomic E-state index is 0. The second kappa shape index (κ2) is 10.7. The van der Waals surface area contributed by atoms with E-state index in [1.165, 1.54) is 5.75 Å². The molecule has 0 bridgehead atoms. The Hall–Kier alpha value is -0.0200. The van der Waals surface area contributed by atoms with Crippen LogP contribution >= 0.6 is 47.1 Å². The largest absolute Gasteiger partial charge is 0.356 e. The maximum absolute atomic E-state index is 4.47. The summed E-state index contributed by atoms with van der Waals surface area (Å²) in [5, 5.41) is 6.59. The Balaban J connectivity index is 0.00000324. The maximum Gasteiger partial charge on any atom is 0.193 e. The predicted molar refractivity (Wildman–Crippen MR) is 98.1 cm³/mol. The van der Waals surface area contributed by atoms with E-state index in [2.05, 4.69) is 31.8 Å². The number of thioether (sulfide) groups is 1. The van der Waals surface area contributed by atoms with Gasteiger partial charge >= 0.3 is 0 Å². The van der Waals surface area contributed by atoms with Crippen molar-refractivity contribution in [1.29, 1.82) is 0 Å². The van der Waals surface area contributed by atoms with Crippen LogP contribution in [0.5, 0.6) is 0 Å². The van der Waals surface area contributed by atoms with E-state index in [0.29, 0.717) is 0 Å². The number of guanidine groups is 1. The molecule has 7 heteroatoms. The highest BCUT2D eigenvalue weighted by Crippen LogP contribution is 2.09. The lowest BCUT2D eigenvalue weighted by molar-refractivity contribution is 0.471. The molecule has 4 nitrogen and oxygen atoms in total. The topological polar surface area (TPSA) is 40.5 Å². The minimum Gasteiger partial charge on any atom is -0.356 e. The van der Waals surface area contributed by atoms with Gasteiger partial charge in [-0.3, -0.25) is 4.99 Å². The van der Waals surface area contributed by atoms with Gasteiger partial charge in [-0.25, -0.2) is 4.98 Å². The standard InChI is InChI=1S/C12H22N4S2.HI/c1-10-15-11(9-18-10)8-16(3)12(13-2)14-6-5-7-17-4;/h9H,5-8H2,1-4H3,(H,13,14);1H. The summed E-state index contributed by atoms with van der Waals surface area (Å²) in [6, 6.07) is 0. The first kappa shape index (κ1) is 19.0. The molecular formula is C12H23IN4S2. The molecule has 1 heterocycles. The summed E-state index contributed by atoms with van der Waals surface area (Å²) in [6.45, 7) is 3.80. The van der Waals surface area contributed by atoms with Crippen molar-refractivity contribution in [2.45, 2.75) is 19.9 Å². The molecule has 0 fully saturated rings. The third-order valence-corrected chi connectivity index (χ3v) is 3.97. The molecule has 19 heavy (non-hydrogen) atoms. The lowest BCUT2D eigenvalue weighted by Crippen LogP contribution is -2.39. The van der Waals surface area contributed by atoms with Gasteiger partial charge in [0.25, 0.3) is 0 Å². The number of thiazole rings is 1. The fourth-order valence-corrected chi connectivity index (χ4v) is 2.64. The van der Waals surface area contributed by atoms with Gasteiger partial charge in [0.05, 0.1) is 17.2 Å². The zero-order chi connectivity index (χ0) is 13.4.